The number of ketones is 4. The SMILES string of the molecule is CC(=O)c1ccc(C(=O)N2CCC3(CC2)OCCN3S(=O)(=O)c2ccc(C(C)=O)cc2)cc1.CC(=O)c1ccc(C(=O)N2CCOC23CCN(S(=O)(=O)c2ccc(C(C)=O)cc2)CC3)cc1.O=C(Nc1ccc(CO)cc1)N1CCC2(CC1)OCCN2C(=O)Nc1ccc(CO)cc1.O=C(c1ccc([N+](=O)[O-])cc1)N1CCC2(CC1)OCCN2S(=O)(=O)c1ccc([N+](=O)[O-])cc1. The standard InChI is InChI=1S/2C24H26N2O6S.C23H28N4O5.C20H20N4O8S/c1-17(27)19-3-5-21(6-4-19)23(29)26-15-16-32-24(26)11-13-25(14-12-24)33(30,31)22-9-7-20(8-10-22)18(2)28;1-17(27)19-3-5-21(6-4-19)23(29)25-13-11-24(12-14-25)26(15-16-32-24)33(30,31)22-9-7-20(8-10-22)18(2)28;28-15-17-1-5-19(6-2-17)24-21(30)26-11-9-23(10-12-26)27(13-14-32-23)22(31)25-20-7-3-18(16-29)4-8-20;25-19(15-1-3-16(4-2-15)23(26)27)21-11-9-20(10-12-21)22(13-14-32-20)33(30,31)18-7-5-17(6-8-18)24(28)29/h2*3-10H,11-16H2,1-2H3;1-8,28-29H,9-16H2,(H,24,30)(H,25,31);1-8H,9-14H2. The predicted octanol–water partition coefficient (Wildman–Crippen LogP) is 10.2. The summed E-state index contributed by atoms with van der Waals surface area (Å²) in [7, 11) is -11.5. The van der Waals surface area contributed by atoms with Crippen molar-refractivity contribution in [3.63, 3.8) is 0 Å². The van der Waals surface area contributed by atoms with Crippen LogP contribution in [0.1, 0.15) is 163 Å². The highest BCUT2D eigenvalue weighted by Crippen LogP contribution is 2.43. The molecular formula is C91H100N12O25S3. The Morgan fingerprint density at radius 2 is 0.603 bits per heavy atom. The highest BCUT2D eigenvalue weighted by molar-refractivity contribution is 7.89. The summed E-state index contributed by atoms with van der Waals surface area (Å²) in [5, 5.41) is 45.7. The number of piperidine rings is 4. The molecule has 0 atom stereocenters. The van der Waals surface area contributed by atoms with Gasteiger partial charge in [-0.3, -0.25) is 58.7 Å². The first-order chi connectivity index (χ1) is 62.4. The quantitative estimate of drug-likeness (QED) is 0.0332. The van der Waals surface area contributed by atoms with E-state index in [0.29, 0.717) is 141 Å². The van der Waals surface area contributed by atoms with Crippen LogP contribution in [-0.4, -0.2) is 264 Å². The summed E-state index contributed by atoms with van der Waals surface area (Å²) in [6.07, 6.45) is 2.98. The molecule has 0 bridgehead atoms. The number of urea groups is 2. The van der Waals surface area contributed by atoms with Crippen molar-refractivity contribution in [1.82, 2.24) is 37.4 Å². The number of nitro groups is 2. The summed E-state index contributed by atoms with van der Waals surface area (Å²) >= 11 is 0. The molecule has 7 amide bonds. The molecule has 8 aliphatic rings. The highest BCUT2D eigenvalue weighted by atomic mass is 32.2. The summed E-state index contributed by atoms with van der Waals surface area (Å²) in [6, 6.07) is 48.5. The van der Waals surface area contributed by atoms with Gasteiger partial charge in [0.25, 0.3) is 29.1 Å². The van der Waals surface area contributed by atoms with Gasteiger partial charge in [-0.2, -0.15) is 12.9 Å². The summed E-state index contributed by atoms with van der Waals surface area (Å²) < 4.78 is 107. The number of nitro benzene ring substituents is 2. The van der Waals surface area contributed by atoms with Crippen LogP contribution in [0.15, 0.2) is 209 Å². The fourth-order valence-electron chi connectivity index (χ4n) is 17.1. The number of nitrogens with zero attached hydrogens (tertiary/aromatic N) is 10. The van der Waals surface area contributed by atoms with E-state index in [1.54, 1.807) is 122 Å². The minimum absolute atomic E-state index is 0.0412. The van der Waals surface area contributed by atoms with Crippen LogP contribution in [0.25, 0.3) is 0 Å². The molecule has 0 saturated carbocycles. The number of hydrogen-bond acceptors (Lipinski definition) is 25. The average Bonchev–Trinajstić information content (AvgIpc) is 1.64. The van der Waals surface area contributed by atoms with Crippen LogP contribution in [0.2, 0.25) is 0 Å². The Morgan fingerprint density at radius 1 is 0.328 bits per heavy atom. The topological polar surface area (TPSA) is 470 Å². The van der Waals surface area contributed by atoms with Crippen LogP contribution < -0.4 is 10.6 Å². The molecule has 16 rings (SSSR count). The Balaban J connectivity index is 0.000000149. The molecule has 4 spiro atoms. The largest absolute Gasteiger partial charge is 0.392 e. The van der Waals surface area contributed by atoms with E-state index in [9.17, 15) is 88.6 Å². The molecule has 40 heteroatoms. The first-order valence-corrected chi connectivity index (χ1v) is 46.8. The number of aliphatic hydroxyl groups excluding tert-OH is 2. The van der Waals surface area contributed by atoms with Gasteiger partial charge in [-0.15, -0.1) is 0 Å². The smallest absolute Gasteiger partial charge is 0.324 e. The molecule has 8 aromatic carbocycles. The highest BCUT2D eigenvalue weighted by Gasteiger charge is 2.55. The van der Waals surface area contributed by atoms with Crippen LogP contribution in [0.5, 0.6) is 0 Å². The minimum Gasteiger partial charge on any atom is -0.392 e. The number of sulfonamides is 3. The lowest BCUT2D eigenvalue weighted by atomic mass is 9.99. The maximum Gasteiger partial charge on any atom is 0.324 e. The molecule has 0 aromatic heterocycles. The number of carbonyl (C=O) groups excluding carboxylic acids is 9. The van der Waals surface area contributed by atoms with Crippen LogP contribution in [-0.2, 0) is 62.2 Å². The lowest BCUT2D eigenvalue weighted by Gasteiger charge is -2.43. The maximum atomic E-state index is 13.4. The normalized spacial score (nSPS) is 18.2. The number of aliphatic hydroxyl groups is 2. The third kappa shape index (κ3) is 21.3. The Labute approximate surface area is 756 Å². The Kier molecular flexibility index (Phi) is 29.8. The molecule has 0 unspecified atom stereocenters. The molecule has 692 valence electrons. The molecule has 37 nitrogen and oxygen atoms in total. The Hall–Kier alpha value is -12.3. The number of likely N-dealkylation sites (tertiary alicyclic amines) is 3. The second-order valence-corrected chi connectivity index (χ2v) is 38.1. The number of benzene rings is 8. The fraction of sp³-hybridized carbons (Fsp3) is 0.374. The molecule has 8 saturated heterocycles. The van der Waals surface area contributed by atoms with E-state index in [1.807, 2.05) is 0 Å². The van der Waals surface area contributed by atoms with Gasteiger partial charge in [-0.25, -0.2) is 34.8 Å². The Bertz CT molecular complexity index is 5760. The second kappa shape index (κ2) is 40.6. The Morgan fingerprint density at radius 3 is 0.969 bits per heavy atom. The van der Waals surface area contributed by atoms with Gasteiger partial charge < -0.3 is 59.4 Å². The average molecular weight is 1860 g/mol. The van der Waals surface area contributed by atoms with Gasteiger partial charge in [0.05, 0.1) is 64.2 Å². The van der Waals surface area contributed by atoms with Gasteiger partial charge in [0.2, 0.25) is 30.1 Å². The van der Waals surface area contributed by atoms with Gasteiger partial charge in [0, 0.05) is 204 Å². The van der Waals surface area contributed by atoms with E-state index >= 15 is 0 Å². The molecule has 8 aromatic rings. The maximum absolute atomic E-state index is 13.4. The van der Waals surface area contributed by atoms with Crippen LogP contribution in [0.4, 0.5) is 32.3 Å². The molecule has 0 radical (unpaired) electrons. The first kappa shape index (κ1) is 96.2. The van der Waals surface area contributed by atoms with E-state index < -0.39 is 62.8 Å². The number of amides is 7. The van der Waals surface area contributed by atoms with Crippen molar-refractivity contribution in [3.8, 4) is 0 Å². The number of hydrogen-bond donors (Lipinski definition) is 4. The first-order valence-electron chi connectivity index (χ1n) is 42.4. The molecular weight excluding hydrogens is 1760 g/mol. The van der Waals surface area contributed by atoms with Crippen molar-refractivity contribution in [2.75, 3.05) is 116 Å². The fourth-order valence-corrected chi connectivity index (χ4v) is 22.0. The van der Waals surface area contributed by atoms with Crippen molar-refractivity contribution in [2.45, 2.75) is 130 Å². The number of ether oxygens (including phenoxy) is 4. The molecule has 131 heavy (non-hydrogen) atoms. The summed E-state index contributed by atoms with van der Waals surface area (Å²) in [4.78, 5) is 139. The minimum atomic E-state index is -3.97. The van der Waals surface area contributed by atoms with Gasteiger partial charge in [0.15, 0.2) is 23.1 Å². The predicted molar refractivity (Wildman–Crippen MR) is 474 cm³/mol. The summed E-state index contributed by atoms with van der Waals surface area (Å²) in [5.41, 5.74) is 2.13. The molecule has 8 heterocycles. The van der Waals surface area contributed by atoms with Crippen molar-refractivity contribution < 1.29 is 107 Å². The second-order valence-electron chi connectivity index (χ2n) is 32.5. The number of nitrogens with one attached hydrogen (secondary N) is 2. The zero-order valence-corrected chi connectivity index (χ0v) is 74.8. The number of carbonyl (C=O) groups is 9. The zero-order chi connectivity index (χ0) is 94.0. The lowest BCUT2D eigenvalue weighted by Crippen LogP contribution is -2.57. The lowest BCUT2D eigenvalue weighted by molar-refractivity contribution is -0.385. The van der Waals surface area contributed by atoms with Crippen molar-refractivity contribution in [1.29, 1.82) is 0 Å². The number of anilines is 2. The number of non-ortho nitro benzene ring substituents is 2. The van der Waals surface area contributed by atoms with Crippen molar-refractivity contribution >= 4 is 106 Å². The van der Waals surface area contributed by atoms with E-state index in [-0.39, 0.29) is 158 Å². The monoisotopic (exact) mass is 1860 g/mol. The van der Waals surface area contributed by atoms with Gasteiger partial charge in [0.1, 0.15) is 22.9 Å². The number of rotatable bonds is 19. The van der Waals surface area contributed by atoms with Gasteiger partial charge >= 0.3 is 12.1 Å². The van der Waals surface area contributed by atoms with Crippen LogP contribution in [0.3, 0.4) is 0 Å². The van der Waals surface area contributed by atoms with E-state index in [0.717, 1.165) is 23.3 Å². The van der Waals surface area contributed by atoms with Crippen molar-refractivity contribution in [3.05, 3.63) is 264 Å². The van der Waals surface area contributed by atoms with Crippen LogP contribution in [0, 0.1) is 20.2 Å². The number of Topliss-reactive ketones (excluding diaryl/α,β-unsaturated/α-hetero) is 4. The molecule has 4 N–H and O–H groups in total. The molecule has 8 fully saturated rings. The zero-order valence-electron chi connectivity index (χ0n) is 72.3. The van der Waals surface area contributed by atoms with Crippen LogP contribution >= 0.6 is 0 Å². The van der Waals surface area contributed by atoms with E-state index in [4.69, 9.17) is 29.2 Å². The van der Waals surface area contributed by atoms with E-state index in [2.05, 4.69) is 10.6 Å². The third-order valence-corrected chi connectivity index (χ3v) is 30.5. The molecule has 0 aliphatic carbocycles. The van der Waals surface area contributed by atoms with E-state index in [1.165, 1.54) is 126 Å². The summed E-state index contributed by atoms with van der Waals surface area (Å²) in [6.45, 7) is 10.9. The third-order valence-electron chi connectivity index (χ3n) is 24.6. The van der Waals surface area contributed by atoms with Gasteiger partial charge in [-0.05, 0) is 136 Å². The summed E-state index contributed by atoms with van der Waals surface area (Å²) in [5.74, 6) is -1.05. The van der Waals surface area contributed by atoms with Crippen molar-refractivity contribution in [2.24, 2.45) is 0 Å². The van der Waals surface area contributed by atoms with Gasteiger partial charge in [-0.1, -0.05) is 72.8 Å². The molecule has 8 aliphatic heterocycles.